The summed E-state index contributed by atoms with van der Waals surface area (Å²) < 4.78 is 21.0. The molecule has 0 heterocycles. The zero-order valence-corrected chi connectivity index (χ0v) is 20.0. The molecule has 2 rings (SSSR count). The van der Waals surface area contributed by atoms with E-state index in [0.717, 1.165) is 10.8 Å². The second-order valence-electron chi connectivity index (χ2n) is 6.93. The summed E-state index contributed by atoms with van der Waals surface area (Å²) in [7, 11) is -4.45. The van der Waals surface area contributed by atoms with Gasteiger partial charge in [0.15, 0.2) is 5.78 Å². The molecule has 1 amide bonds. The predicted molar refractivity (Wildman–Crippen MR) is 122 cm³/mol. The lowest BCUT2D eigenvalue weighted by molar-refractivity contribution is 0.0963. The van der Waals surface area contributed by atoms with Crippen molar-refractivity contribution in [3.05, 3.63) is 48.0 Å². The minimum Gasteiger partial charge on any atom is -0.445 e. The van der Waals surface area contributed by atoms with Gasteiger partial charge in [0.1, 0.15) is 12.4 Å². The number of hydrogen-bond donors (Lipinski definition) is 2. The SMILES string of the molecule is CCC(C)O[P@@](=O)(O)C(CC(=O)c1ccc2ccccc2c1)NC(=O)OCC(Cl)(Cl)Cl. The molecular formula is C20H23Cl3NO6P. The quantitative estimate of drug-likeness (QED) is 0.250. The monoisotopic (exact) mass is 509 g/mol. The topological polar surface area (TPSA) is 102 Å². The van der Waals surface area contributed by atoms with E-state index in [9.17, 15) is 19.0 Å². The number of carbonyl (C=O) groups is 2. The average Bonchev–Trinajstić information content (AvgIpc) is 2.70. The lowest BCUT2D eigenvalue weighted by atomic mass is 10.0. The normalized spacial score (nSPS) is 15.7. The van der Waals surface area contributed by atoms with Crippen LogP contribution in [0.1, 0.15) is 37.0 Å². The van der Waals surface area contributed by atoms with Gasteiger partial charge in [0.25, 0.3) is 0 Å². The minimum atomic E-state index is -4.45. The molecule has 3 atom stereocenters. The summed E-state index contributed by atoms with van der Waals surface area (Å²) in [4.78, 5) is 35.4. The maximum atomic E-state index is 12.9. The number of carbonyl (C=O) groups excluding carboxylic acids is 2. The van der Waals surface area contributed by atoms with Crippen LogP contribution >= 0.6 is 42.4 Å². The van der Waals surface area contributed by atoms with E-state index in [1.54, 1.807) is 32.0 Å². The van der Waals surface area contributed by atoms with E-state index >= 15 is 0 Å². The molecular weight excluding hydrogens is 488 g/mol. The molecule has 0 fully saturated rings. The minimum absolute atomic E-state index is 0.323. The number of ketones is 1. The Morgan fingerprint density at radius 2 is 1.81 bits per heavy atom. The van der Waals surface area contributed by atoms with Crippen LogP contribution in [0.2, 0.25) is 0 Å². The van der Waals surface area contributed by atoms with E-state index in [0.29, 0.717) is 12.0 Å². The maximum absolute atomic E-state index is 12.9. The van der Waals surface area contributed by atoms with Gasteiger partial charge < -0.3 is 19.5 Å². The van der Waals surface area contributed by atoms with Gasteiger partial charge in [-0.3, -0.25) is 9.36 Å². The molecule has 0 saturated heterocycles. The van der Waals surface area contributed by atoms with E-state index in [4.69, 9.17) is 44.1 Å². The average molecular weight is 511 g/mol. The van der Waals surface area contributed by atoms with E-state index in [1.165, 1.54) is 0 Å². The molecule has 170 valence electrons. The number of nitrogens with one attached hydrogen (secondary N) is 1. The molecule has 31 heavy (non-hydrogen) atoms. The molecule has 2 unspecified atom stereocenters. The highest BCUT2D eigenvalue weighted by atomic mass is 35.6. The van der Waals surface area contributed by atoms with Crippen LogP contribution < -0.4 is 5.32 Å². The Balaban J connectivity index is 2.22. The van der Waals surface area contributed by atoms with Gasteiger partial charge in [-0.05, 0) is 30.2 Å². The molecule has 11 heteroatoms. The molecule has 0 bridgehead atoms. The Morgan fingerprint density at radius 1 is 1.16 bits per heavy atom. The Hall–Kier alpha value is -1.34. The molecule has 2 N–H and O–H groups in total. The fourth-order valence-electron chi connectivity index (χ4n) is 2.64. The second kappa shape index (κ2) is 11.0. The molecule has 0 aliphatic rings. The third kappa shape index (κ3) is 8.26. The molecule has 2 aromatic carbocycles. The summed E-state index contributed by atoms with van der Waals surface area (Å²) in [5.74, 6) is -2.01. The molecule has 0 saturated carbocycles. The van der Waals surface area contributed by atoms with Crippen LogP contribution in [-0.2, 0) is 13.8 Å². The van der Waals surface area contributed by atoms with E-state index in [-0.39, 0.29) is 0 Å². The number of amides is 1. The van der Waals surface area contributed by atoms with Gasteiger partial charge in [-0.15, -0.1) is 0 Å². The molecule has 7 nitrogen and oxygen atoms in total. The molecule has 0 spiro atoms. The fourth-order valence-corrected chi connectivity index (χ4v) is 4.28. The van der Waals surface area contributed by atoms with Crippen molar-refractivity contribution < 1.29 is 28.3 Å². The van der Waals surface area contributed by atoms with Crippen LogP contribution in [0.3, 0.4) is 0 Å². The summed E-state index contributed by atoms with van der Waals surface area (Å²) in [6, 6.07) is 12.5. The number of hydrogen-bond acceptors (Lipinski definition) is 5. The van der Waals surface area contributed by atoms with Crippen molar-refractivity contribution in [1.29, 1.82) is 0 Å². The first-order valence-electron chi connectivity index (χ1n) is 9.44. The van der Waals surface area contributed by atoms with Crippen molar-refractivity contribution >= 4 is 65.0 Å². The maximum Gasteiger partial charge on any atom is 0.408 e. The molecule has 0 aromatic heterocycles. The smallest absolute Gasteiger partial charge is 0.408 e. The molecule has 2 aromatic rings. The van der Waals surface area contributed by atoms with Gasteiger partial charge in [-0.2, -0.15) is 0 Å². The number of ether oxygens (including phenoxy) is 1. The predicted octanol–water partition coefficient (Wildman–Crippen LogP) is 5.84. The Bertz CT molecular complexity index is 981. The van der Waals surface area contributed by atoms with Crippen LogP contribution in [0.25, 0.3) is 10.8 Å². The van der Waals surface area contributed by atoms with Crippen LogP contribution in [0.5, 0.6) is 0 Å². The number of fused-ring (bicyclic) bond motifs is 1. The van der Waals surface area contributed by atoms with Gasteiger partial charge >= 0.3 is 13.7 Å². The number of alkyl halides is 3. The van der Waals surface area contributed by atoms with Crippen LogP contribution in [0.4, 0.5) is 4.79 Å². The lowest BCUT2D eigenvalue weighted by Crippen LogP contribution is -2.38. The van der Waals surface area contributed by atoms with Crippen molar-refractivity contribution in [3.8, 4) is 0 Å². The Kier molecular flexibility index (Phi) is 9.19. The van der Waals surface area contributed by atoms with Crippen LogP contribution in [0.15, 0.2) is 42.5 Å². The summed E-state index contributed by atoms with van der Waals surface area (Å²) in [6.45, 7) is 2.78. The highest BCUT2D eigenvalue weighted by molar-refractivity contribution is 7.53. The fraction of sp³-hybridized carbons (Fsp3) is 0.400. The van der Waals surface area contributed by atoms with Crippen molar-refractivity contribution in [2.45, 2.75) is 42.4 Å². The number of halogens is 3. The summed E-state index contributed by atoms with van der Waals surface area (Å²) in [6.07, 6.45) is -1.74. The van der Waals surface area contributed by atoms with Gasteiger partial charge in [0.05, 0.1) is 6.10 Å². The highest BCUT2D eigenvalue weighted by Crippen LogP contribution is 2.49. The van der Waals surface area contributed by atoms with Gasteiger partial charge in [0.2, 0.25) is 3.79 Å². The number of rotatable bonds is 9. The number of alkyl carbamates (subject to hydrolysis) is 1. The highest BCUT2D eigenvalue weighted by Gasteiger charge is 2.38. The number of Topliss-reactive ketones (excluding diaryl/α,β-unsaturated/α-hetero) is 1. The summed E-state index contributed by atoms with van der Waals surface area (Å²) in [5, 5.41) is 3.98. The molecule has 0 radical (unpaired) electrons. The molecule has 0 aliphatic carbocycles. The first-order chi connectivity index (χ1) is 14.4. The summed E-state index contributed by atoms with van der Waals surface area (Å²) >= 11 is 16.6. The third-order valence-corrected chi connectivity index (χ3v) is 6.49. The lowest BCUT2D eigenvalue weighted by Gasteiger charge is -2.25. The van der Waals surface area contributed by atoms with Crippen LogP contribution in [-0.4, -0.2) is 39.1 Å². The Morgan fingerprint density at radius 3 is 2.42 bits per heavy atom. The largest absolute Gasteiger partial charge is 0.445 e. The second-order valence-corrected chi connectivity index (χ2v) is 11.4. The first-order valence-corrected chi connectivity index (χ1v) is 12.2. The number of benzene rings is 2. The van der Waals surface area contributed by atoms with Crippen molar-refractivity contribution in [3.63, 3.8) is 0 Å². The van der Waals surface area contributed by atoms with E-state index in [1.807, 2.05) is 24.3 Å². The van der Waals surface area contributed by atoms with Gasteiger partial charge in [-0.25, -0.2) is 4.79 Å². The van der Waals surface area contributed by atoms with Crippen LogP contribution in [0, 0.1) is 0 Å². The van der Waals surface area contributed by atoms with Crippen molar-refractivity contribution in [1.82, 2.24) is 5.32 Å². The van der Waals surface area contributed by atoms with Crippen molar-refractivity contribution in [2.24, 2.45) is 0 Å². The van der Waals surface area contributed by atoms with Crippen molar-refractivity contribution in [2.75, 3.05) is 6.61 Å². The van der Waals surface area contributed by atoms with Gasteiger partial charge in [-0.1, -0.05) is 78.1 Å². The standard InChI is InChI=1S/C20H23Cl3NO6P/c1-3-13(2)30-31(27,28)18(24-19(26)29-12-20(21,22)23)11-17(25)16-9-8-14-6-4-5-7-15(14)10-16/h4-10,13,18H,3,11-12H2,1-2H3,(H,24,26)(H,27,28). The zero-order chi connectivity index (χ0) is 23.2. The Labute approximate surface area is 195 Å². The summed E-state index contributed by atoms with van der Waals surface area (Å²) in [5.41, 5.74) is 0.323. The first kappa shape index (κ1) is 25.9. The van der Waals surface area contributed by atoms with E-state index in [2.05, 4.69) is 5.32 Å². The van der Waals surface area contributed by atoms with E-state index < -0.39 is 48.2 Å². The third-order valence-electron chi connectivity index (χ3n) is 4.40. The van der Waals surface area contributed by atoms with Gasteiger partial charge in [0, 0.05) is 12.0 Å². The zero-order valence-electron chi connectivity index (χ0n) is 16.9. The molecule has 0 aliphatic heterocycles.